The maximum Gasteiger partial charge on any atom is 0.254 e. The molecule has 2 rings (SSSR count). The fourth-order valence-corrected chi connectivity index (χ4v) is 4.01. The highest BCUT2D eigenvalue weighted by molar-refractivity contribution is 7.89. The van der Waals surface area contributed by atoms with Gasteiger partial charge in [-0.25, -0.2) is 13.1 Å². The van der Waals surface area contributed by atoms with Crippen LogP contribution in [0.5, 0.6) is 0 Å². The van der Waals surface area contributed by atoms with E-state index in [1.807, 2.05) is 26.0 Å². The second kappa shape index (κ2) is 9.00. The van der Waals surface area contributed by atoms with E-state index >= 15 is 0 Å². The van der Waals surface area contributed by atoms with Gasteiger partial charge in [-0.05, 0) is 63.6 Å². The first-order chi connectivity index (χ1) is 13.1. The molecule has 0 aromatic heterocycles. The third-order valence-corrected chi connectivity index (χ3v) is 5.76. The van der Waals surface area contributed by atoms with Gasteiger partial charge in [0, 0.05) is 24.2 Å². The van der Waals surface area contributed by atoms with Gasteiger partial charge in [0.1, 0.15) is 0 Å². The Morgan fingerprint density at radius 1 is 1.11 bits per heavy atom. The van der Waals surface area contributed by atoms with Gasteiger partial charge < -0.3 is 4.90 Å². The van der Waals surface area contributed by atoms with Crippen molar-refractivity contribution in [3.63, 3.8) is 0 Å². The summed E-state index contributed by atoms with van der Waals surface area (Å²) in [4.78, 5) is 14.8. The largest absolute Gasteiger partial charge is 0.332 e. The van der Waals surface area contributed by atoms with Crippen molar-refractivity contribution in [3.05, 3.63) is 65.2 Å². The summed E-state index contributed by atoms with van der Waals surface area (Å²) >= 11 is 0. The van der Waals surface area contributed by atoms with Gasteiger partial charge in [0.05, 0.1) is 16.5 Å². The molecule has 0 saturated carbocycles. The van der Waals surface area contributed by atoms with Crippen molar-refractivity contribution in [3.8, 4) is 6.07 Å². The first-order valence-corrected chi connectivity index (χ1v) is 10.5. The summed E-state index contributed by atoms with van der Waals surface area (Å²) in [6.07, 6.45) is 0. The first-order valence-electron chi connectivity index (χ1n) is 9.06. The predicted molar refractivity (Wildman–Crippen MR) is 108 cm³/mol. The van der Waals surface area contributed by atoms with Crippen LogP contribution in [-0.2, 0) is 16.6 Å². The van der Waals surface area contributed by atoms with E-state index in [-0.39, 0.29) is 22.9 Å². The lowest BCUT2D eigenvalue weighted by molar-refractivity contribution is 0.0690. The summed E-state index contributed by atoms with van der Waals surface area (Å²) in [5, 5.41) is 8.91. The number of hydrogen-bond donors (Lipinski definition) is 1. The molecule has 0 aliphatic carbocycles. The van der Waals surface area contributed by atoms with Gasteiger partial charge in [0.2, 0.25) is 10.0 Å². The van der Waals surface area contributed by atoms with E-state index in [9.17, 15) is 13.2 Å². The molecule has 0 saturated heterocycles. The molecule has 0 fully saturated rings. The van der Waals surface area contributed by atoms with Gasteiger partial charge in [-0.3, -0.25) is 4.79 Å². The van der Waals surface area contributed by atoms with Gasteiger partial charge in [0.15, 0.2) is 0 Å². The van der Waals surface area contributed by atoms with Crippen LogP contribution in [0.3, 0.4) is 0 Å². The zero-order valence-corrected chi connectivity index (χ0v) is 17.3. The van der Waals surface area contributed by atoms with Crippen LogP contribution in [-0.4, -0.2) is 31.3 Å². The maximum atomic E-state index is 13.1. The first kappa shape index (κ1) is 21.6. The molecule has 0 atom stereocenters. The Hall–Kier alpha value is -2.69. The van der Waals surface area contributed by atoms with E-state index in [4.69, 9.17) is 5.26 Å². The molecule has 7 heteroatoms. The zero-order valence-electron chi connectivity index (χ0n) is 16.5. The molecular formula is C21H25N3O3S. The average Bonchev–Trinajstić information content (AvgIpc) is 2.65. The van der Waals surface area contributed by atoms with Crippen molar-refractivity contribution in [1.29, 1.82) is 5.26 Å². The lowest BCUT2D eigenvalue weighted by Gasteiger charge is -2.27. The molecule has 0 bridgehead atoms. The van der Waals surface area contributed by atoms with E-state index in [1.54, 1.807) is 43.0 Å². The zero-order chi connectivity index (χ0) is 20.9. The molecule has 0 heterocycles. The number of benzene rings is 2. The normalized spacial score (nSPS) is 11.5. The highest BCUT2D eigenvalue weighted by atomic mass is 32.2. The summed E-state index contributed by atoms with van der Waals surface area (Å²) < 4.78 is 27.3. The van der Waals surface area contributed by atoms with Crippen LogP contribution in [0.1, 0.15) is 49.2 Å². The average molecular weight is 400 g/mol. The minimum Gasteiger partial charge on any atom is -0.332 e. The number of hydrogen-bond acceptors (Lipinski definition) is 4. The van der Waals surface area contributed by atoms with Crippen LogP contribution in [0.4, 0.5) is 0 Å². The maximum absolute atomic E-state index is 13.1. The number of rotatable bonds is 7. The highest BCUT2D eigenvalue weighted by Gasteiger charge is 2.22. The number of carbonyl (C=O) groups is 1. The fourth-order valence-electron chi connectivity index (χ4n) is 2.71. The Kier molecular flexibility index (Phi) is 6.95. The van der Waals surface area contributed by atoms with E-state index in [0.717, 1.165) is 5.56 Å². The molecule has 0 aliphatic rings. The molecule has 2 aromatic carbocycles. The van der Waals surface area contributed by atoms with Crippen LogP contribution < -0.4 is 4.72 Å². The Labute approximate surface area is 166 Å². The minimum atomic E-state index is -3.68. The summed E-state index contributed by atoms with van der Waals surface area (Å²) in [5.74, 6) is -0.249. The summed E-state index contributed by atoms with van der Waals surface area (Å²) in [7, 11) is -3.68. The number of carbonyl (C=O) groups excluding carboxylic acids is 1. The fraction of sp³-hybridized carbons (Fsp3) is 0.333. The summed E-state index contributed by atoms with van der Waals surface area (Å²) in [6, 6.07) is 14.9. The number of nitrogens with zero attached hydrogens (tertiary/aromatic N) is 2. The van der Waals surface area contributed by atoms with E-state index < -0.39 is 10.0 Å². The van der Waals surface area contributed by atoms with Crippen LogP contribution in [0.15, 0.2) is 53.4 Å². The Balaban J connectivity index is 2.30. The molecule has 0 radical (unpaired) electrons. The Morgan fingerprint density at radius 2 is 1.75 bits per heavy atom. The minimum absolute atomic E-state index is 0.0640. The second-order valence-corrected chi connectivity index (χ2v) is 8.85. The standard InChI is InChI=1S/C21H25N3O3S/c1-15(2)23-28(26,27)20-7-5-6-19(12-20)21(25)24(16(3)4)14-18-10-8-17(13-22)9-11-18/h5-12,15-16,23H,14H2,1-4H3. The van der Waals surface area contributed by atoms with Crippen molar-refractivity contribution < 1.29 is 13.2 Å². The molecule has 1 N–H and O–H groups in total. The van der Waals surface area contributed by atoms with Crippen LogP contribution in [0.2, 0.25) is 0 Å². The number of nitrogens with one attached hydrogen (secondary N) is 1. The molecule has 0 unspecified atom stereocenters. The number of sulfonamides is 1. The molecule has 1 amide bonds. The Morgan fingerprint density at radius 3 is 2.29 bits per heavy atom. The molecule has 0 spiro atoms. The third-order valence-electron chi connectivity index (χ3n) is 4.10. The molecule has 148 valence electrons. The molecule has 28 heavy (non-hydrogen) atoms. The van der Waals surface area contributed by atoms with Gasteiger partial charge >= 0.3 is 0 Å². The van der Waals surface area contributed by atoms with E-state index in [2.05, 4.69) is 10.8 Å². The quantitative estimate of drug-likeness (QED) is 0.773. The summed E-state index contributed by atoms with van der Waals surface area (Å²) in [5.41, 5.74) is 1.77. The van der Waals surface area contributed by atoms with Crippen LogP contribution >= 0.6 is 0 Å². The summed E-state index contributed by atoms with van der Waals surface area (Å²) in [6.45, 7) is 7.66. The van der Waals surface area contributed by atoms with Crippen molar-refractivity contribution in [1.82, 2.24) is 9.62 Å². The van der Waals surface area contributed by atoms with Crippen molar-refractivity contribution >= 4 is 15.9 Å². The molecule has 6 nitrogen and oxygen atoms in total. The van der Waals surface area contributed by atoms with Crippen molar-refractivity contribution in [2.24, 2.45) is 0 Å². The lowest BCUT2D eigenvalue weighted by atomic mass is 10.1. The van der Waals surface area contributed by atoms with Gasteiger partial charge in [-0.15, -0.1) is 0 Å². The van der Waals surface area contributed by atoms with Crippen LogP contribution in [0, 0.1) is 11.3 Å². The van der Waals surface area contributed by atoms with Gasteiger partial charge in [0.25, 0.3) is 5.91 Å². The van der Waals surface area contributed by atoms with Gasteiger partial charge in [-0.2, -0.15) is 5.26 Å². The van der Waals surface area contributed by atoms with Crippen LogP contribution in [0.25, 0.3) is 0 Å². The molecule has 0 aliphatic heterocycles. The number of amides is 1. The highest BCUT2D eigenvalue weighted by Crippen LogP contribution is 2.17. The van der Waals surface area contributed by atoms with Crippen molar-refractivity contribution in [2.75, 3.05) is 0 Å². The SMILES string of the molecule is CC(C)NS(=O)(=O)c1cccc(C(=O)N(Cc2ccc(C#N)cc2)C(C)C)c1. The number of nitriles is 1. The second-order valence-electron chi connectivity index (χ2n) is 7.14. The Bertz CT molecular complexity index is 975. The van der Waals surface area contributed by atoms with E-state index in [0.29, 0.717) is 17.7 Å². The third kappa shape index (κ3) is 5.41. The lowest BCUT2D eigenvalue weighted by Crippen LogP contribution is -2.36. The van der Waals surface area contributed by atoms with E-state index in [1.165, 1.54) is 12.1 Å². The predicted octanol–water partition coefficient (Wildman–Crippen LogP) is 3.30. The van der Waals surface area contributed by atoms with Crippen molar-refractivity contribution in [2.45, 2.75) is 51.2 Å². The molecule has 2 aromatic rings. The monoisotopic (exact) mass is 399 g/mol. The van der Waals surface area contributed by atoms with Gasteiger partial charge in [-0.1, -0.05) is 18.2 Å². The smallest absolute Gasteiger partial charge is 0.254 e. The topological polar surface area (TPSA) is 90.3 Å². The molecular weight excluding hydrogens is 374 g/mol.